The number of hydrogen-bond acceptors (Lipinski definition) is 4. The van der Waals surface area contributed by atoms with E-state index in [0.29, 0.717) is 38.5 Å². The number of anilines is 1. The minimum absolute atomic E-state index is 0.0949. The van der Waals surface area contributed by atoms with Gasteiger partial charge in [0.05, 0.1) is 10.5 Å². The van der Waals surface area contributed by atoms with Crippen molar-refractivity contribution < 1.29 is 22.9 Å². The number of rotatable bonds is 7. The zero-order valence-electron chi connectivity index (χ0n) is 16.2. The summed E-state index contributed by atoms with van der Waals surface area (Å²) in [5.41, 5.74) is -1.43. The lowest BCUT2D eigenvalue weighted by atomic mass is 9.94. The van der Waals surface area contributed by atoms with Crippen LogP contribution in [0.4, 0.5) is 24.5 Å². The molecule has 6 nitrogen and oxygen atoms in total. The number of nitro groups is 1. The highest BCUT2D eigenvalue weighted by molar-refractivity contribution is 5.79. The highest BCUT2D eigenvalue weighted by Gasteiger charge is 2.35. The maximum atomic E-state index is 12.9. The fourth-order valence-electron chi connectivity index (χ4n) is 3.51. The van der Waals surface area contributed by atoms with E-state index in [9.17, 15) is 28.1 Å². The summed E-state index contributed by atoms with van der Waals surface area (Å²) in [6.45, 7) is 6.16. The Morgan fingerprint density at radius 3 is 2.43 bits per heavy atom. The predicted molar refractivity (Wildman–Crippen MR) is 100 cm³/mol. The average molecular weight is 401 g/mol. The zero-order valence-corrected chi connectivity index (χ0v) is 16.2. The number of piperidine rings is 1. The van der Waals surface area contributed by atoms with Gasteiger partial charge >= 0.3 is 6.18 Å². The fourth-order valence-corrected chi connectivity index (χ4v) is 3.51. The van der Waals surface area contributed by atoms with Crippen molar-refractivity contribution in [3.05, 3.63) is 33.9 Å². The van der Waals surface area contributed by atoms with Gasteiger partial charge in [0.1, 0.15) is 5.69 Å². The van der Waals surface area contributed by atoms with Gasteiger partial charge in [-0.1, -0.05) is 13.3 Å². The summed E-state index contributed by atoms with van der Waals surface area (Å²) in [4.78, 5) is 26.7. The van der Waals surface area contributed by atoms with E-state index < -0.39 is 22.4 Å². The van der Waals surface area contributed by atoms with Gasteiger partial charge in [0.15, 0.2) is 0 Å². The van der Waals surface area contributed by atoms with Crippen LogP contribution in [0.15, 0.2) is 18.2 Å². The third-order valence-electron chi connectivity index (χ3n) is 5.16. The van der Waals surface area contributed by atoms with Gasteiger partial charge in [-0.2, -0.15) is 13.2 Å². The van der Waals surface area contributed by atoms with Crippen molar-refractivity contribution in [2.24, 2.45) is 5.92 Å². The summed E-state index contributed by atoms with van der Waals surface area (Å²) in [7, 11) is 0. The van der Waals surface area contributed by atoms with Gasteiger partial charge in [0.2, 0.25) is 5.91 Å². The fraction of sp³-hybridized carbons (Fsp3) is 0.632. The van der Waals surface area contributed by atoms with E-state index in [4.69, 9.17) is 0 Å². The summed E-state index contributed by atoms with van der Waals surface area (Å²) in [5, 5.41) is 11.3. The lowest BCUT2D eigenvalue weighted by Crippen LogP contribution is -2.43. The van der Waals surface area contributed by atoms with Crippen molar-refractivity contribution in [3.63, 3.8) is 0 Å². The molecule has 0 unspecified atom stereocenters. The molecule has 1 amide bonds. The van der Waals surface area contributed by atoms with Crippen LogP contribution >= 0.6 is 0 Å². The number of benzene rings is 1. The standard InChI is InChI=1S/C19H26F3N3O3/c1-3-5-10-23(4-2)18(26)14-8-11-24(12-9-14)16-7-6-15(19(20,21)22)13-17(16)25(27)28/h6-7,13-14H,3-5,8-12H2,1-2H3. The maximum Gasteiger partial charge on any atom is 0.416 e. The Hall–Kier alpha value is -2.32. The van der Waals surface area contributed by atoms with Gasteiger partial charge in [0, 0.05) is 38.2 Å². The van der Waals surface area contributed by atoms with Crippen LogP contribution < -0.4 is 4.90 Å². The minimum Gasteiger partial charge on any atom is -0.366 e. The Labute approximate surface area is 162 Å². The Balaban J connectivity index is 2.10. The number of carbonyl (C=O) groups is 1. The van der Waals surface area contributed by atoms with E-state index in [1.165, 1.54) is 0 Å². The summed E-state index contributed by atoms with van der Waals surface area (Å²) in [5.74, 6) is -0.0564. The number of amides is 1. The van der Waals surface area contributed by atoms with Gasteiger partial charge in [-0.25, -0.2) is 0 Å². The van der Waals surface area contributed by atoms with Crippen LogP contribution in [0.2, 0.25) is 0 Å². The minimum atomic E-state index is -4.63. The molecule has 1 aliphatic heterocycles. The monoisotopic (exact) mass is 401 g/mol. The topological polar surface area (TPSA) is 66.7 Å². The van der Waals surface area contributed by atoms with Crippen LogP contribution in [0.3, 0.4) is 0 Å². The van der Waals surface area contributed by atoms with Gasteiger partial charge in [-0.3, -0.25) is 14.9 Å². The van der Waals surface area contributed by atoms with Gasteiger partial charge in [-0.05, 0) is 38.3 Å². The number of unbranched alkanes of at least 4 members (excludes halogenated alkanes) is 1. The number of halogens is 3. The molecule has 0 aromatic heterocycles. The molecule has 0 saturated carbocycles. The molecule has 1 aliphatic rings. The summed E-state index contributed by atoms with van der Waals surface area (Å²) in [6.07, 6.45) is -1.64. The first kappa shape index (κ1) is 22.0. The van der Waals surface area contributed by atoms with Crippen molar-refractivity contribution in [1.29, 1.82) is 0 Å². The molecule has 0 radical (unpaired) electrons. The second kappa shape index (κ2) is 9.25. The number of hydrogen-bond donors (Lipinski definition) is 0. The first-order chi connectivity index (χ1) is 13.2. The van der Waals surface area contributed by atoms with Crippen molar-refractivity contribution in [2.75, 3.05) is 31.1 Å². The molecule has 0 aliphatic carbocycles. The van der Waals surface area contributed by atoms with E-state index in [1.807, 2.05) is 11.8 Å². The second-order valence-corrected chi connectivity index (χ2v) is 6.99. The van der Waals surface area contributed by atoms with Crippen LogP contribution in [-0.2, 0) is 11.0 Å². The van der Waals surface area contributed by atoms with Crippen molar-refractivity contribution in [3.8, 4) is 0 Å². The van der Waals surface area contributed by atoms with E-state index in [1.54, 1.807) is 4.90 Å². The molecular weight excluding hydrogens is 375 g/mol. The third-order valence-corrected chi connectivity index (χ3v) is 5.16. The highest BCUT2D eigenvalue weighted by Crippen LogP contribution is 2.37. The SMILES string of the molecule is CCCCN(CC)C(=O)C1CCN(c2ccc(C(F)(F)F)cc2[N+](=O)[O-])CC1. The van der Waals surface area contributed by atoms with Crippen LogP contribution in [0.25, 0.3) is 0 Å². The number of nitro benzene ring substituents is 1. The van der Waals surface area contributed by atoms with E-state index in [0.717, 1.165) is 31.5 Å². The van der Waals surface area contributed by atoms with E-state index in [2.05, 4.69) is 6.92 Å². The normalized spacial score (nSPS) is 15.5. The largest absolute Gasteiger partial charge is 0.416 e. The first-order valence-corrected chi connectivity index (χ1v) is 9.58. The predicted octanol–water partition coefficient (Wildman–Crippen LogP) is 4.48. The zero-order chi connectivity index (χ0) is 20.9. The quantitative estimate of drug-likeness (QED) is 0.499. The molecule has 1 saturated heterocycles. The second-order valence-electron chi connectivity index (χ2n) is 6.99. The molecule has 0 bridgehead atoms. The molecule has 28 heavy (non-hydrogen) atoms. The third kappa shape index (κ3) is 5.14. The van der Waals surface area contributed by atoms with Crippen molar-refractivity contribution in [1.82, 2.24) is 4.90 Å². The summed E-state index contributed by atoms with van der Waals surface area (Å²) >= 11 is 0. The number of alkyl halides is 3. The molecule has 1 aromatic carbocycles. The molecule has 1 fully saturated rings. The van der Waals surface area contributed by atoms with Crippen LogP contribution in [0.5, 0.6) is 0 Å². The van der Waals surface area contributed by atoms with Crippen molar-refractivity contribution in [2.45, 2.75) is 45.7 Å². The highest BCUT2D eigenvalue weighted by atomic mass is 19.4. The molecule has 0 atom stereocenters. The maximum absolute atomic E-state index is 12.9. The van der Waals surface area contributed by atoms with Crippen molar-refractivity contribution >= 4 is 17.3 Å². The van der Waals surface area contributed by atoms with Crippen LogP contribution in [-0.4, -0.2) is 41.9 Å². The average Bonchev–Trinajstić information content (AvgIpc) is 2.67. The molecule has 1 aromatic rings. The molecule has 0 spiro atoms. The van der Waals surface area contributed by atoms with E-state index >= 15 is 0 Å². The number of carbonyl (C=O) groups excluding carboxylic acids is 1. The smallest absolute Gasteiger partial charge is 0.366 e. The summed E-state index contributed by atoms with van der Waals surface area (Å²) < 4.78 is 38.6. The molecule has 1 heterocycles. The Morgan fingerprint density at radius 2 is 1.93 bits per heavy atom. The molecule has 0 N–H and O–H groups in total. The van der Waals surface area contributed by atoms with Gasteiger partial charge in [0.25, 0.3) is 5.69 Å². The van der Waals surface area contributed by atoms with Gasteiger partial charge in [-0.15, -0.1) is 0 Å². The lowest BCUT2D eigenvalue weighted by molar-refractivity contribution is -0.384. The Kier molecular flexibility index (Phi) is 7.26. The van der Waals surface area contributed by atoms with Gasteiger partial charge < -0.3 is 9.80 Å². The van der Waals surface area contributed by atoms with Crippen LogP contribution in [0, 0.1) is 16.0 Å². The van der Waals surface area contributed by atoms with Crippen LogP contribution in [0.1, 0.15) is 45.1 Å². The number of nitrogens with zero attached hydrogens (tertiary/aromatic N) is 3. The van der Waals surface area contributed by atoms with E-state index in [-0.39, 0.29) is 17.5 Å². The summed E-state index contributed by atoms with van der Waals surface area (Å²) in [6, 6.07) is 2.60. The Morgan fingerprint density at radius 1 is 1.29 bits per heavy atom. The molecule has 2 rings (SSSR count). The lowest BCUT2D eigenvalue weighted by Gasteiger charge is -2.35. The molecule has 156 valence electrons. The first-order valence-electron chi connectivity index (χ1n) is 9.58. The Bertz CT molecular complexity index is 701. The molecule has 9 heteroatoms. The molecular formula is C19H26F3N3O3.